The number of rotatable bonds is 4. The van der Waals surface area contributed by atoms with Crippen LogP contribution in [0, 0.1) is 0 Å². The molecule has 4 rings (SSSR count). The molecule has 2 amide bonds. The minimum Gasteiger partial charge on any atom is -0.321 e. The predicted octanol–water partition coefficient (Wildman–Crippen LogP) is 2.64. The van der Waals surface area contributed by atoms with E-state index in [1.807, 2.05) is 0 Å². The van der Waals surface area contributed by atoms with E-state index in [0.717, 1.165) is 25.7 Å². The van der Waals surface area contributed by atoms with Gasteiger partial charge in [-0.3, -0.25) is 19.5 Å². The molecular formula is C22H24N4O4S. The summed E-state index contributed by atoms with van der Waals surface area (Å²) in [7, 11) is -3.51. The van der Waals surface area contributed by atoms with Crippen molar-refractivity contribution in [2.45, 2.75) is 30.6 Å². The second-order valence-corrected chi connectivity index (χ2v) is 9.52. The van der Waals surface area contributed by atoms with Gasteiger partial charge in [-0.1, -0.05) is 25.0 Å². The summed E-state index contributed by atoms with van der Waals surface area (Å²) in [6.45, 7) is 1.03. The summed E-state index contributed by atoms with van der Waals surface area (Å²) < 4.78 is 27.3. The third kappa shape index (κ3) is 4.67. The summed E-state index contributed by atoms with van der Waals surface area (Å²) in [5.41, 5.74) is 1.77. The predicted molar refractivity (Wildman–Crippen MR) is 118 cm³/mol. The van der Waals surface area contributed by atoms with Crippen molar-refractivity contribution in [1.82, 2.24) is 9.29 Å². The van der Waals surface area contributed by atoms with Gasteiger partial charge in [-0.2, -0.15) is 4.31 Å². The molecule has 0 atom stereocenters. The largest absolute Gasteiger partial charge is 0.321 e. The van der Waals surface area contributed by atoms with Gasteiger partial charge in [0.25, 0.3) is 5.91 Å². The van der Waals surface area contributed by atoms with Gasteiger partial charge in [-0.15, -0.1) is 0 Å². The van der Waals surface area contributed by atoms with Gasteiger partial charge in [-0.25, -0.2) is 8.42 Å². The van der Waals surface area contributed by atoms with Crippen molar-refractivity contribution in [3.8, 4) is 0 Å². The van der Waals surface area contributed by atoms with E-state index in [1.54, 1.807) is 46.9 Å². The molecule has 1 N–H and O–H groups in total. The standard InChI is InChI=1S/C22H24N4O4S/c27-21-16-26(20-11-12-23-15-19(20)24-21)22(28)10-7-17-5-8-18(9-6-17)31(29,30)25-13-3-1-2-4-14-25/h5-12,15H,1-4,13-14,16H2,(H,24,27)/b10-7+. The van der Waals surface area contributed by atoms with Crippen LogP contribution in [0.3, 0.4) is 0 Å². The van der Waals surface area contributed by atoms with Gasteiger partial charge in [0.05, 0.1) is 22.5 Å². The van der Waals surface area contributed by atoms with Crippen molar-refractivity contribution < 1.29 is 18.0 Å². The van der Waals surface area contributed by atoms with Crippen molar-refractivity contribution in [3.63, 3.8) is 0 Å². The number of nitrogens with one attached hydrogen (secondary N) is 1. The minimum absolute atomic E-state index is 0.0762. The van der Waals surface area contributed by atoms with Crippen LogP contribution in [0.4, 0.5) is 11.4 Å². The van der Waals surface area contributed by atoms with Gasteiger partial charge in [0.15, 0.2) is 0 Å². The lowest BCUT2D eigenvalue weighted by Gasteiger charge is -2.27. The zero-order chi connectivity index (χ0) is 21.8. The van der Waals surface area contributed by atoms with Gasteiger partial charge in [0, 0.05) is 25.4 Å². The van der Waals surface area contributed by atoms with E-state index in [1.165, 1.54) is 17.2 Å². The monoisotopic (exact) mass is 440 g/mol. The Morgan fingerprint density at radius 3 is 2.45 bits per heavy atom. The Balaban J connectivity index is 1.48. The zero-order valence-corrected chi connectivity index (χ0v) is 17.8. The molecule has 0 bridgehead atoms. The first kappa shape index (κ1) is 21.2. The zero-order valence-electron chi connectivity index (χ0n) is 17.0. The molecule has 31 heavy (non-hydrogen) atoms. The second-order valence-electron chi connectivity index (χ2n) is 7.59. The highest BCUT2D eigenvalue weighted by Gasteiger charge is 2.26. The molecule has 2 aliphatic rings. The Morgan fingerprint density at radius 2 is 1.74 bits per heavy atom. The van der Waals surface area contributed by atoms with E-state index >= 15 is 0 Å². The van der Waals surface area contributed by atoms with Gasteiger partial charge >= 0.3 is 0 Å². The molecule has 0 radical (unpaired) electrons. The summed E-state index contributed by atoms with van der Waals surface area (Å²) in [6.07, 6.45) is 9.93. The highest BCUT2D eigenvalue weighted by Crippen LogP contribution is 2.28. The van der Waals surface area contributed by atoms with Crippen LogP contribution in [0.1, 0.15) is 31.2 Å². The van der Waals surface area contributed by atoms with Crippen molar-refractivity contribution in [3.05, 3.63) is 54.4 Å². The van der Waals surface area contributed by atoms with Crippen LogP contribution in [0.15, 0.2) is 53.7 Å². The van der Waals surface area contributed by atoms with E-state index in [0.29, 0.717) is 30.0 Å². The third-order valence-electron chi connectivity index (χ3n) is 5.43. The maximum Gasteiger partial charge on any atom is 0.251 e. The number of carbonyl (C=O) groups excluding carboxylic acids is 2. The van der Waals surface area contributed by atoms with E-state index in [4.69, 9.17) is 0 Å². The third-order valence-corrected chi connectivity index (χ3v) is 7.34. The summed E-state index contributed by atoms with van der Waals surface area (Å²) in [6, 6.07) is 8.16. The normalized spacial score (nSPS) is 17.8. The topological polar surface area (TPSA) is 99.7 Å². The number of hydrogen-bond donors (Lipinski definition) is 1. The Labute approximate surface area is 181 Å². The number of fused-ring (bicyclic) bond motifs is 1. The van der Waals surface area contributed by atoms with Crippen molar-refractivity contribution in [1.29, 1.82) is 0 Å². The van der Waals surface area contributed by atoms with E-state index in [-0.39, 0.29) is 23.3 Å². The molecule has 0 aliphatic carbocycles. The van der Waals surface area contributed by atoms with Crippen LogP contribution in [0.2, 0.25) is 0 Å². The number of amides is 2. The Morgan fingerprint density at radius 1 is 1.03 bits per heavy atom. The second kappa shape index (κ2) is 8.99. The average molecular weight is 441 g/mol. The van der Waals surface area contributed by atoms with Crippen molar-refractivity contribution in [2.24, 2.45) is 0 Å². The smallest absolute Gasteiger partial charge is 0.251 e. The Bertz CT molecular complexity index is 1100. The SMILES string of the molecule is O=C1CN(C(=O)/C=C/c2ccc(S(=O)(=O)N3CCCCCC3)cc2)c2ccncc2N1. The lowest BCUT2D eigenvalue weighted by Crippen LogP contribution is -2.41. The Hall–Kier alpha value is -3.04. The molecule has 9 heteroatoms. The van der Waals surface area contributed by atoms with Crippen LogP contribution in [-0.2, 0) is 19.6 Å². The lowest BCUT2D eigenvalue weighted by atomic mass is 10.2. The van der Waals surface area contributed by atoms with Crippen LogP contribution in [-0.4, -0.2) is 49.2 Å². The average Bonchev–Trinajstić information content (AvgIpc) is 3.07. The molecular weight excluding hydrogens is 416 g/mol. The molecule has 1 aromatic heterocycles. The number of sulfonamides is 1. The van der Waals surface area contributed by atoms with Crippen LogP contribution in [0.25, 0.3) is 6.08 Å². The summed E-state index contributed by atoms with van der Waals surface area (Å²) in [5, 5.41) is 2.69. The summed E-state index contributed by atoms with van der Waals surface area (Å²) in [4.78, 5) is 30.2. The molecule has 3 heterocycles. The lowest BCUT2D eigenvalue weighted by molar-refractivity contribution is -0.119. The molecule has 1 aromatic carbocycles. The fourth-order valence-corrected chi connectivity index (χ4v) is 5.29. The molecule has 2 aliphatic heterocycles. The fraction of sp³-hybridized carbons (Fsp3) is 0.318. The van der Waals surface area contributed by atoms with Gasteiger partial charge in [-0.05, 0) is 42.7 Å². The molecule has 0 saturated carbocycles. The van der Waals surface area contributed by atoms with E-state index in [9.17, 15) is 18.0 Å². The molecule has 0 spiro atoms. The van der Waals surface area contributed by atoms with Crippen LogP contribution < -0.4 is 10.2 Å². The number of benzene rings is 1. The summed E-state index contributed by atoms with van der Waals surface area (Å²) >= 11 is 0. The summed E-state index contributed by atoms with van der Waals surface area (Å²) in [5.74, 6) is -0.631. The molecule has 2 aromatic rings. The van der Waals surface area contributed by atoms with Crippen molar-refractivity contribution >= 4 is 39.3 Å². The molecule has 0 unspecified atom stereocenters. The number of anilines is 2. The first-order valence-electron chi connectivity index (χ1n) is 10.3. The first-order valence-corrected chi connectivity index (χ1v) is 11.7. The van der Waals surface area contributed by atoms with E-state index < -0.39 is 10.0 Å². The molecule has 1 fully saturated rings. The molecule has 162 valence electrons. The van der Waals surface area contributed by atoms with Gasteiger partial charge < -0.3 is 5.32 Å². The fourth-order valence-electron chi connectivity index (χ4n) is 3.77. The molecule has 1 saturated heterocycles. The quantitative estimate of drug-likeness (QED) is 0.737. The van der Waals surface area contributed by atoms with Crippen molar-refractivity contribution in [2.75, 3.05) is 29.9 Å². The Kier molecular flexibility index (Phi) is 6.15. The van der Waals surface area contributed by atoms with E-state index in [2.05, 4.69) is 10.3 Å². The maximum absolute atomic E-state index is 12.9. The highest BCUT2D eigenvalue weighted by molar-refractivity contribution is 7.89. The number of pyridine rings is 1. The first-order chi connectivity index (χ1) is 14.9. The number of carbonyl (C=O) groups is 2. The number of aromatic nitrogens is 1. The molecule has 8 nitrogen and oxygen atoms in total. The van der Waals surface area contributed by atoms with Gasteiger partial charge in [0.1, 0.15) is 6.54 Å². The minimum atomic E-state index is -3.51. The maximum atomic E-state index is 12.9. The van der Waals surface area contributed by atoms with Gasteiger partial charge in [0.2, 0.25) is 15.9 Å². The number of hydrogen-bond acceptors (Lipinski definition) is 5. The van der Waals surface area contributed by atoms with Crippen LogP contribution in [0.5, 0.6) is 0 Å². The van der Waals surface area contributed by atoms with Crippen LogP contribution >= 0.6 is 0 Å². The number of nitrogens with zero attached hydrogens (tertiary/aromatic N) is 3. The highest BCUT2D eigenvalue weighted by atomic mass is 32.2.